The van der Waals surface area contributed by atoms with Crippen LogP contribution in [0.15, 0.2) is 23.1 Å². The summed E-state index contributed by atoms with van der Waals surface area (Å²) in [6.45, 7) is 1.83. The summed E-state index contributed by atoms with van der Waals surface area (Å²) >= 11 is 0. The second-order valence-corrected chi connectivity index (χ2v) is 5.32. The van der Waals surface area contributed by atoms with Crippen molar-refractivity contribution >= 4 is 10.0 Å². The molecule has 2 rings (SSSR count). The monoisotopic (exact) mass is 211 g/mol. The average Bonchev–Trinajstić information content (AvgIpc) is 2.85. The molecule has 1 aromatic rings. The van der Waals surface area contributed by atoms with Gasteiger partial charge in [-0.1, -0.05) is 12.1 Å². The number of nitrogens with two attached hydrogens (primary N) is 1. The number of sulfonamides is 1. The van der Waals surface area contributed by atoms with Crippen LogP contribution in [0.25, 0.3) is 0 Å². The first-order valence-corrected chi connectivity index (χ1v) is 6.17. The molecular formula is C10H13NO2S. The van der Waals surface area contributed by atoms with Crippen molar-refractivity contribution in [1.29, 1.82) is 0 Å². The van der Waals surface area contributed by atoms with E-state index in [2.05, 4.69) is 0 Å². The molecule has 1 fully saturated rings. The number of primary sulfonamides is 1. The van der Waals surface area contributed by atoms with Crippen molar-refractivity contribution in [3.05, 3.63) is 29.3 Å². The predicted octanol–water partition coefficient (Wildman–Crippen LogP) is 1.52. The highest BCUT2D eigenvalue weighted by molar-refractivity contribution is 7.89. The van der Waals surface area contributed by atoms with Crippen LogP contribution < -0.4 is 5.14 Å². The highest BCUT2D eigenvalue weighted by Crippen LogP contribution is 2.42. The zero-order valence-electron chi connectivity index (χ0n) is 8.03. The van der Waals surface area contributed by atoms with Gasteiger partial charge in [-0.15, -0.1) is 0 Å². The summed E-state index contributed by atoms with van der Waals surface area (Å²) in [6.07, 6.45) is 2.32. The summed E-state index contributed by atoms with van der Waals surface area (Å²) < 4.78 is 22.5. The Morgan fingerprint density at radius 3 is 2.50 bits per heavy atom. The van der Waals surface area contributed by atoms with Gasteiger partial charge in [0.1, 0.15) is 0 Å². The van der Waals surface area contributed by atoms with E-state index in [1.807, 2.05) is 13.0 Å². The molecular weight excluding hydrogens is 198 g/mol. The summed E-state index contributed by atoms with van der Waals surface area (Å²) in [5.74, 6) is 0.552. The quantitative estimate of drug-likeness (QED) is 0.806. The number of hydrogen-bond donors (Lipinski definition) is 1. The summed E-state index contributed by atoms with van der Waals surface area (Å²) in [5.41, 5.74) is 1.95. The van der Waals surface area contributed by atoms with Gasteiger partial charge in [0.2, 0.25) is 10.0 Å². The normalized spacial score (nSPS) is 17.0. The minimum Gasteiger partial charge on any atom is -0.225 e. The molecule has 0 bridgehead atoms. The molecule has 1 aromatic carbocycles. The van der Waals surface area contributed by atoms with E-state index >= 15 is 0 Å². The van der Waals surface area contributed by atoms with Gasteiger partial charge in [-0.25, -0.2) is 13.6 Å². The molecule has 14 heavy (non-hydrogen) atoms. The minimum atomic E-state index is -3.56. The molecule has 0 saturated heterocycles. The van der Waals surface area contributed by atoms with Gasteiger partial charge in [0, 0.05) is 0 Å². The van der Waals surface area contributed by atoms with Gasteiger partial charge in [0.05, 0.1) is 4.90 Å². The lowest BCUT2D eigenvalue weighted by Crippen LogP contribution is -2.14. The third-order valence-electron chi connectivity index (χ3n) is 2.65. The summed E-state index contributed by atoms with van der Waals surface area (Å²) in [5, 5.41) is 5.12. The van der Waals surface area contributed by atoms with E-state index in [1.165, 1.54) is 0 Å². The Balaban J connectivity index is 2.57. The van der Waals surface area contributed by atoms with Gasteiger partial charge in [-0.2, -0.15) is 0 Å². The average molecular weight is 211 g/mol. The molecule has 0 aliphatic heterocycles. The summed E-state index contributed by atoms with van der Waals surface area (Å²) in [4.78, 5) is 0.266. The Hall–Kier alpha value is -0.870. The van der Waals surface area contributed by atoms with Gasteiger partial charge in [0.25, 0.3) is 0 Å². The standard InChI is InChI=1S/C10H13NO2S/c1-7-9(8-5-6-8)3-2-4-10(7)14(11,12)13/h2-4,8H,5-6H2,1H3,(H2,11,12,13). The van der Waals surface area contributed by atoms with Crippen LogP contribution in [0, 0.1) is 6.92 Å². The molecule has 2 N–H and O–H groups in total. The highest BCUT2D eigenvalue weighted by Gasteiger charge is 2.27. The van der Waals surface area contributed by atoms with E-state index in [0.717, 1.165) is 24.0 Å². The fraction of sp³-hybridized carbons (Fsp3) is 0.400. The number of benzene rings is 1. The molecule has 4 heteroatoms. The van der Waals surface area contributed by atoms with Crippen LogP contribution in [0.5, 0.6) is 0 Å². The van der Waals surface area contributed by atoms with E-state index in [9.17, 15) is 8.42 Å². The van der Waals surface area contributed by atoms with Crippen molar-refractivity contribution in [1.82, 2.24) is 0 Å². The minimum absolute atomic E-state index is 0.266. The molecule has 1 aliphatic carbocycles. The van der Waals surface area contributed by atoms with Gasteiger partial charge >= 0.3 is 0 Å². The zero-order chi connectivity index (χ0) is 10.3. The number of rotatable bonds is 2. The lowest BCUT2D eigenvalue weighted by Gasteiger charge is -2.08. The van der Waals surface area contributed by atoms with Crippen molar-refractivity contribution in [2.24, 2.45) is 5.14 Å². The van der Waals surface area contributed by atoms with Crippen LogP contribution in [-0.4, -0.2) is 8.42 Å². The lowest BCUT2D eigenvalue weighted by atomic mass is 10.1. The molecule has 0 unspecified atom stereocenters. The molecule has 1 saturated carbocycles. The van der Waals surface area contributed by atoms with Crippen LogP contribution in [0.4, 0.5) is 0 Å². The third kappa shape index (κ3) is 1.67. The largest absolute Gasteiger partial charge is 0.238 e. The molecule has 0 spiro atoms. The molecule has 3 nitrogen and oxygen atoms in total. The van der Waals surface area contributed by atoms with E-state index in [4.69, 9.17) is 5.14 Å². The van der Waals surface area contributed by atoms with Crippen LogP contribution in [0.2, 0.25) is 0 Å². The van der Waals surface area contributed by atoms with Crippen molar-refractivity contribution < 1.29 is 8.42 Å². The van der Waals surface area contributed by atoms with E-state index in [0.29, 0.717) is 5.92 Å². The Bertz CT molecular complexity index is 461. The maximum Gasteiger partial charge on any atom is 0.238 e. The van der Waals surface area contributed by atoms with Crippen LogP contribution in [0.3, 0.4) is 0 Å². The Kier molecular flexibility index (Phi) is 2.12. The molecule has 0 heterocycles. The second-order valence-electron chi connectivity index (χ2n) is 3.79. The van der Waals surface area contributed by atoms with Crippen molar-refractivity contribution in [2.75, 3.05) is 0 Å². The fourth-order valence-corrected chi connectivity index (χ4v) is 2.59. The third-order valence-corrected chi connectivity index (χ3v) is 3.71. The Labute approximate surface area is 84.0 Å². The molecule has 76 valence electrons. The summed E-state index contributed by atoms with van der Waals surface area (Å²) in [7, 11) is -3.56. The SMILES string of the molecule is Cc1c(C2CC2)cccc1S(N)(=O)=O. The maximum atomic E-state index is 11.2. The lowest BCUT2D eigenvalue weighted by molar-refractivity contribution is 0.597. The van der Waals surface area contributed by atoms with Crippen LogP contribution in [0.1, 0.15) is 29.9 Å². The van der Waals surface area contributed by atoms with Gasteiger partial charge in [-0.3, -0.25) is 0 Å². The van der Waals surface area contributed by atoms with Crippen molar-refractivity contribution in [3.8, 4) is 0 Å². The van der Waals surface area contributed by atoms with Crippen LogP contribution in [-0.2, 0) is 10.0 Å². The first-order valence-electron chi connectivity index (χ1n) is 4.62. The van der Waals surface area contributed by atoms with Crippen LogP contribution >= 0.6 is 0 Å². The second kappa shape index (κ2) is 3.07. The maximum absolute atomic E-state index is 11.2. The number of hydrogen-bond acceptors (Lipinski definition) is 2. The van der Waals surface area contributed by atoms with Gasteiger partial charge in [0.15, 0.2) is 0 Å². The van der Waals surface area contributed by atoms with E-state index in [1.54, 1.807) is 12.1 Å². The first kappa shape index (κ1) is 9.68. The molecule has 0 aromatic heterocycles. The molecule has 0 amide bonds. The predicted molar refractivity (Wildman–Crippen MR) is 54.5 cm³/mol. The van der Waals surface area contributed by atoms with E-state index < -0.39 is 10.0 Å². The first-order chi connectivity index (χ1) is 6.50. The highest BCUT2D eigenvalue weighted by atomic mass is 32.2. The fourth-order valence-electron chi connectivity index (χ4n) is 1.78. The zero-order valence-corrected chi connectivity index (χ0v) is 8.84. The van der Waals surface area contributed by atoms with E-state index in [-0.39, 0.29) is 4.90 Å². The topological polar surface area (TPSA) is 60.2 Å². The Morgan fingerprint density at radius 1 is 1.36 bits per heavy atom. The Morgan fingerprint density at radius 2 is 2.00 bits per heavy atom. The van der Waals surface area contributed by atoms with Gasteiger partial charge < -0.3 is 0 Å². The smallest absolute Gasteiger partial charge is 0.225 e. The molecule has 0 atom stereocenters. The van der Waals surface area contributed by atoms with Crippen molar-refractivity contribution in [2.45, 2.75) is 30.6 Å². The molecule has 0 radical (unpaired) electrons. The summed E-state index contributed by atoms with van der Waals surface area (Å²) in [6, 6.07) is 5.32. The molecule has 1 aliphatic rings. The van der Waals surface area contributed by atoms with Crippen molar-refractivity contribution in [3.63, 3.8) is 0 Å². The van der Waals surface area contributed by atoms with Gasteiger partial charge in [-0.05, 0) is 42.9 Å².